The maximum atomic E-state index is 12.5. The topological polar surface area (TPSA) is 132 Å². The molecule has 1 aromatic carbocycles. The molecule has 1 aromatic heterocycles. The lowest BCUT2D eigenvalue weighted by molar-refractivity contribution is -0.137. The molecule has 10 nitrogen and oxygen atoms in total. The van der Waals surface area contributed by atoms with Crippen molar-refractivity contribution in [3.8, 4) is 0 Å². The van der Waals surface area contributed by atoms with Gasteiger partial charge in [0, 0.05) is 25.5 Å². The number of hydrogen-bond acceptors (Lipinski definition) is 7. The van der Waals surface area contributed by atoms with Crippen molar-refractivity contribution in [1.29, 1.82) is 0 Å². The molecule has 0 bridgehead atoms. The van der Waals surface area contributed by atoms with Gasteiger partial charge in [0.05, 0.1) is 12.6 Å². The molecule has 180 valence electrons. The van der Waals surface area contributed by atoms with Crippen molar-refractivity contribution in [2.24, 2.45) is 0 Å². The molecule has 0 aliphatic rings. The minimum Gasteiger partial charge on any atom is -0.480 e. The molecule has 0 aliphatic heterocycles. The van der Waals surface area contributed by atoms with Gasteiger partial charge < -0.3 is 25.2 Å². The molecule has 0 saturated heterocycles. The van der Waals surface area contributed by atoms with Gasteiger partial charge in [-0.05, 0) is 45.2 Å². The van der Waals surface area contributed by atoms with Crippen LogP contribution in [0, 0.1) is 6.92 Å². The average molecular weight is 461 g/mol. The van der Waals surface area contributed by atoms with Gasteiger partial charge in [-0.25, -0.2) is 9.78 Å². The molecule has 2 aromatic rings. The zero-order valence-corrected chi connectivity index (χ0v) is 19.7. The highest BCUT2D eigenvalue weighted by molar-refractivity contribution is 5.68. The molecule has 10 heteroatoms. The summed E-state index contributed by atoms with van der Waals surface area (Å²) in [6.45, 7) is 7.29. The Bertz CT molecular complexity index is 1030. The van der Waals surface area contributed by atoms with E-state index in [2.05, 4.69) is 15.6 Å². The number of benzene rings is 1. The number of carbonyl (C=O) groups is 2. The number of hydrogen-bond donors (Lipinski definition) is 3. The van der Waals surface area contributed by atoms with Crippen LogP contribution in [0.5, 0.6) is 0 Å². The molecule has 1 atom stereocenters. The van der Waals surface area contributed by atoms with Gasteiger partial charge in [0.1, 0.15) is 12.1 Å². The van der Waals surface area contributed by atoms with E-state index in [-0.39, 0.29) is 18.5 Å². The molecule has 0 spiro atoms. The zero-order valence-electron chi connectivity index (χ0n) is 19.7. The first-order valence-electron chi connectivity index (χ1n) is 10.6. The third-order valence-electron chi connectivity index (χ3n) is 4.63. The number of nitrogens with one attached hydrogen (secondary N) is 2. The lowest BCUT2D eigenvalue weighted by Gasteiger charge is -2.24. The Morgan fingerprint density at radius 3 is 2.64 bits per heavy atom. The van der Waals surface area contributed by atoms with Crippen molar-refractivity contribution in [2.75, 3.05) is 25.6 Å². The van der Waals surface area contributed by atoms with Crippen LogP contribution < -0.4 is 16.2 Å². The van der Waals surface area contributed by atoms with Crippen LogP contribution in [0.1, 0.15) is 43.6 Å². The fourth-order valence-corrected chi connectivity index (χ4v) is 3.15. The summed E-state index contributed by atoms with van der Waals surface area (Å²) in [7, 11) is 1.56. The van der Waals surface area contributed by atoms with E-state index in [0.29, 0.717) is 18.7 Å². The van der Waals surface area contributed by atoms with Gasteiger partial charge >= 0.3 is 12.1 Å². The zero-order chi connectivity index (χ0) is 24.6. The largest absolute Gasteiger partial charge is 0.480 e. The van der Waals surface area contributed by atoms with Crippen LogP contribution in [-0.2, 0) is 27.2 Å². The van der Waals surface area contributed by atoms with E-state index in [1.807, 2.05) is 24.3 Å². The number of carboxylic acid groups (broad SMARTS) is 1. The van der Waals surface area contributed by atoms with Gasteiger partial charge in [0.15, 0.2) is 5.82 Å². The van der Waals surface area contributed by atoms with E-state index in [0.717, 1.165) is 15.7 Å². The number of anilines is 1. The number of aromatic nitrogens is 2. The number of rotatable bonds is 10. The van der Waals surface area contributed by atoms with E-state index >= 15 is 0 Å². The monoisotopic (exact) mass is 460 g/mol. The van der Waals surface area contributed by atoms with Crippen molar-refractivity contribution in [1.82, 2.24) is 14.9 Å². The van der Waals surface area contributed by atoms with Crippen molar-refractivity contribution in [3.05, 3.63) is 57.6 Å². The second-order valence-corrected chi connectivity index (χ2v) is 8.61. The Morgan fingerprint density at radius 1 is 1.27 bits per heavy atom. The lowest BCUT2D eigenvalue weighted by Crippen LogP contribution is -2.36. The molecular formula is C23H32N4O6. The SMILES string of the molecule is COC[C@H](NC(=O)OC(C)(C)C)c1cccc(CCNc2ncc(C)n(CC(=O)O)c2=O)c1. The van der Waals surface area contributed by atoms with Gasteiger partial charge in [-0.15, -0.1) is 0 Å². The Balaban J connectivity index is 2.06. The molecule has 0 unspecified atom stereocenters. The van der Waals surface area contributed by atoms with Gasteiger partial charge in [-0.2, -0.15) is 0 Å². The summed E-state index contributed by atoms with van der Waals surface area (Å²) >= 11 is 0. The third-order valence-corrected chi connectivity index (χ3v) is 4.63. The number of methoxy groups -OCH3 is 1. The summed E-state index contributed by atoms with van der Waals surface area (Å²) in [4.78, 5) is 39.8. The number of aryl methyl sites for hydroxylation is 1. The van der Waals surface area contributed by atoms with E-state index in [9.17, 15) is 14.4 Å². The standard InChI is InChI=1S/C23H32N4O6/c1-15-12-25-20(21(30)27(15)13-19(28)29)24-10-9-16-7-6-8-17(11-16)18(14-32-5)26-22(31)33-23(2,3)4/h6-8,11-12,18H,9-10,13-14H2,1-5H3,(H,24,25)(H,26,31)(H,28,29)/t18-/m0/s1. The van der Waals surface area contributed by atoms with Crippen LogP contribution in [-0.4, -0.2) is 52.6 Å². The quantitative estimate of drug-likeness (QED) is 0.493. The molecule has 0 radical (unpaired) electrons. The number of aliphatic carboxylic acids is 1. The smallest absolute Gasteiger partial charge is 0.408 e. The van der Waals surface area contributed by atoms with Crippen LogP contribution in [0.2, 0.25) is 0 Å². The summed E-state index contributed by atoms with van der Waals surface area (Å²) in [6.07, 6.45) is 1.51. The van der Waals surface area contributed by atoms with Crippen molar-refractivity contribution in [2.45, 2.75) is 52.3 Å². The fraction of sp³-hybridized carbons (Fsp3) is 0.478. The normalized spacial score (nSPS) is 12.2. The molecule has 33 heavy (non-hydrogen) atoms. The molecule has 2 rings (SSSR count). The molecule has 1 amide bonds. The summed E-state index contributed by atoms with van der Waals surface area (Å²) in [5, 5.41) is 14.8. The van der Waals surface area contributed by atoms with Gasteiger partial charge in [0.25, 0.3) is 5.56 Å². The van der Waals surface area contributed by atoms with Crippen molar-refractivity contribution >= 4 is 17.9 Å². The Hall–Kier alpha value is -3.40. The minimum absolute atomic E-state index is 0.0989. The summed E-state index contributed by atoms with van der Waals surface area (Å²) in [6, 6.07) is 7.28. The molecule has 0 saturated carbocycles. The second kappa shape index (κ2) is 11.5. The molecule has 3 N–H and O–H groups in total. The van der Waals surface area contributed by atoms with Crippen LogP contribution in [0.15, 0.2) is 35.3 Å². The first kappa shape index (κ1) is 25.9. The number of alkyl carbamates (subject to hydrolysis) is 1. The highest BCUT2D eigenvalue weighted by Gasteiger charge is 2.21. The summed E-state index contributed by atoms with van der Waals surface area (Å²) < 4.78 is 11.8. The fourth-order valence-electron chi connectivity index (χ4n) is 3.15. The summed E-state index contributed by atoms with van der Waals surface area (Å²) in [5.41, 5.74) is 1.22. The minimum atomic E-state index is -1.10. The molecule has 1 heterocycles. The van der Waals surface area contributed by atoms with Crippen LogP contribution in [0.4, 0.5) is 10.6 Å². The Kier molecular flexibility index (Phi) is 8.98. The average Bonchev–Trinajstić information content (AvgIpc) is 2.71. The highest BCUT2D eigenvalue weighted by atomic mass is 16.6. The van der Waals surface area contributed by atoms with Crippen LogP contribution in [0.3, 0.4) is 0 Å². The maximum absolute atomic E-state index is 12.5. The van der Waals surface area contributed by atoms with E-state index < -0.39 is 29.8 Å². The predicted molar refractivity (Wildman–Crippen MR) is 123 cm³/mol. The van der Waals surface area contributed by atoms with E-state index in [1.54, 1.807) is 34.8 Å². The maximum Gasteiger partial charge on any atom is 0.408 e. The van der Waals surface area contributed by atoms with Gasteiger partial charge in [0.2, 0.25) is 0 Å². The lowest BCUT2D eigenvalue weighted by atomic mass is 10.0. The number of ether oxygens (including phenoxy) is 2. The molecule has 0 aliphatic carbocycles. The summed E-state index contributed by atoms with van der Waals surface area (Å²) in [5.74, 6) is -0.998. The molecular weight excluding hydrogens is 428 g/mol. The predicted octanol–water partition coefficient (Wildman–Crippen LogP) is 2.50. The van der Waals surface area contributed by atoms with Gasteiger partial charge in [-0.1, -0.05) is 24.3 Å². The Morgan fingerprint density at radius 2 is 2.00 bits per heavy atom. The number of nitrogens with zero attached hydrogens (tertiary/aromatic N) is 2. The van der Waals surface area contributed by atoms with Crippen LogP contribution >= 0.6 is 0 Å². The highest BCUT2D eigenvalue weighted by Crippen LogP contribution is 2.17. The number of carbonyl (C=O) groups excluding carboxylic acids is 1. The van der Waals surface area contributed by atoms with Gasteiger partial charge in [-0.3, -0.25) is 14.2 Å². The van der Waals surface area contributed by atoms with Crippen molar-refractivity contribution < 1.29 is 24.2 Å². The number of carboxylic acids is 1. The third kappa shape index (κ3) is 8.23. The first-order valence-corrected chi connectivity index (χ1v) is 10.6. The van der Waals surface area contributed by atoms with E-state index in [4.69, 9.17) is 14.6 Å². The van der Waals surface area contributed by atoms with E-state index in [1.165, 1.54) is 6.20 Å². The number of amides is 1. The van der Waals surface area contributed by atoms with Crippen LogP contribution in [0.25, 0.3) is 0 Å². The molecule has 0 fully saturated rings. The Labute approximate surface area is 192 Å². The first-order chi connectivity index (χ1) is 15.5. The van der Waals surface area contributed by atoms with Crippen molar-refractivity contribution in [3.63, 3.8) is 0 Å². The second-order valence-electron chi connectivity index (χ2n) is 8.61.